The van der Waals surface area contributed by atoms with Crippen LogP contribution in [0.15, 0.2) is 58.4 Å². The van der Waals surface area contributed by atoms with Gasteiger partial charge in [0, 0.05) is 22.6 Å². The Morgan fingerprint density at radius 1 is 1.17 bits per heavy atom. The molecular formula is C18H17BrN2OS. The Morgan fingerprint density at radius 3 is 2.70 bits per heavy atom. The summed E-state index contributed by atoms with van der Waals surface area (Å²) in [6.45, 7) is 0.775. The van der Waals surface area contributed by atoms with Gasteiger partial charge < -0.3 is 9.64 Å². The summed E-state index contributed by atoms with van der Waals surface area (Å²) < 4.78 is 6.47. The summed E-state index contributed by atoms with van der Waals surface area (Å²) in [5, 5.41) is 3.08. The van der Waals surface area contributed by atoms with Gasteiger partial charge in [0.05, 0.1) is 24.9 Å². The number of hydrogen-bond donors (Lipinski definition) is 0. The van der Waals surface area contributed by atoms with Gasteiger partial charge in [-0.1, -0.05) is 34.1 Å². The molecule has 0 spiro atoms. The van der Waals surface area contributed by atoms with Crippen LogP contribution < -0.4 is 9.64 Å². The number of rotatable bonds is 5. The van der Waals surface area contributed by atoms with Crippen molar-refractivity contribution in [1.82, 2.24) is 4.98 Å². The zero-order valence-corrected chi connectivity index (χ0v) is 15.4. The first-order chi connectivity index (χ1) is 11.2. The lowest BCUT2D eigenvalue weighted by Gasteiger charge is -2.17. The van der Waals surface area contributed by atoms with Crippen LogP contribution in [0.4, 0.5) is 5.69 Å². The number of hydrogen-bond acceptors (Lipinski definition) is 4. The molecular weight excluding hydrogens is 372 g/mol. The van der Waals surface area contributed by atoms with E-state index in [0.717, 1.165) is 33.0 Å². The summed E-state index contributed by atoms with van der Waals surface area (Å²) in [6.07, 6.45) is 0. The third kappa shape index (κ3) is 3.74. The highest BCUT2D eigenvalue weighted by Crippen LogP contribution is 2.34. The quantitative estimate of drug-likeness (QED) is 0.599. The minimum absolute atomic E-state index is 0.775. The van der Waals surface area contributed by atoms with Crippen molar-refractivity contribution in [2.45, 2.75) is 6.54 Å². The minimum atomic E-state index is 0.775. The zero-order valence-electron chi connectivity index (χ0n) is 13.0. The first-order valence-electron chi connectivity index (χ1n) is 7.22. The average Bonchev–Trinajstić information content (AvgIpc) is 3.04. The van der Waals surface area contributed by atoms with Crippen molar-refractivity contribution in [2.24, 2.45) is 0 Å². The molecule has 5 heteroatoms. The molecule has 0 atom stereocenters. The molecule has 1 aromatic heterocycles. The molecule has 0 aliphatic carbocycles. The molecule has 0 saturated carbocycles. The van der Waals surface area contributed by atoms with E-state index in [9.17, 15) is 0 Å². The standard InChI is InChI=1S/C18H17BrN2OS/c1-21(15-6-4-3-5-7-15)11-14-12-23-18(20-14)16-10-13(19)8-9-17(16)22-2/h3-10,12H,11H2,1-2H3. The Balaban J connectivity index is 1.82. The Bertz CT molecular complexity index is 789. The van der Waals surface area contributed by atoms with E-state index in [1.54, 1.807) is 18.4 Å². The number of halogens is 1. The van der Waals surface area contributed by atoms with Crippen molar-refractivity contribution in [2.75, 3.05) is 19.1 Å². The van der Waals surface area contributed by atoms with Crippen molar-refractivity contribution in [1.29, 1.82) is 0 Å². The SMILES string of the molecule is COc1ccc(Br)cc1-c1nc(CN(C)c2ccccc2)cs1. The fourth-order valence-corrected chi connectivity index (χ4v) is 3.56. The second-order valence-electron chi connectivity index (χ2n) is 5.18. The average molecular weight is 389 g/mol. The first-order valence-corrected chi connectivity index (χ1v) is 8.89. The lowest BCUT2D eigenvalue weighted by Crippen LogP contribution is -2.16. The molecule has 0 aliphatic rings. The molecule has 0 N–H and O–H groups in total. The summed E-state index contributed by atoms with van der Waals surface area (Å²) in [7, 11) is 3.76. The van der Waals surface area contributed by atoms with E-state index in [2.05, 4.69) is 45.4 Å². The molecule has 118 valence electrons. The highest BCUT2D eigenvalue weighted by atomic mass is 79.9. The van der Waals surface area contributed by atoms with Gasteiger partial charge in [0.1, 0.15) is 10.8 Å². The van der Waals surface area contributed by atoms with Crippen LogP contribution in [0.2, 0.25) is 0 Å². The van der Waals surface area contributed by atoms with Gasteiger partial charge in [-0.3, -0.25) is 0 Å². The second kappa shape index (κ2) is 7.15. The maximum Gasteiger partial charge on any atom is 0.129 e. The molecule has 0 saturated heterocycles. The van der Waals surface area contributed by atoms with Gasteiger partial charge in [-0.05, 0) is 30.3 Å². The number of nitrogens with zero attached hydrogens (tertiary/aromatic N) is 2. The van der Waals surface area contributed by atoms with Crippen LogP contribution in [0.3, 0.4) is 0 Å². The molecule has 0 fully saturated rings. The summed E-state index contributed by atoms with van der Waals surface area (Å²) in [5.41, 5.74) is 3.25. The van der Waals surface area contributed by atoms with Crippen molar-refractivity contribution < 1.29 is 4.74 Å². The van der Waals surface area contributed by atoms with E-state index in [1.165, 1.54) is 5.69 Å². The van der Waals surface area contributed by atoms with E-state index in [-0.39, 0.29) is 0 Å². The molecule has 23 heavy (non-hydrogen) atoms. The smallest absolute Gasteiger partial charge is 0.129 e. The van der Waals surface area contributed by atoms with Gasteiger partial charge in [-0.2, -0.15) is 0 Å². The summed E-state index contributed by atoms with van der Waals surface area (Å²) in [5.74, 6) is 0.838. The Hall–Kier alpha value is -1.85. The first kappa shape index (κ1) is 16.0. The van der Waals surface area contributed by atoms with Crippen molar-refractivity contribution in [3.8, 4) is 16.3 Å². The Kier molecular flexibility index (Phi) is 4.98. The van der Waals surface area contributed by atoms with E-state index in [1.807, 2.05) is 36.4 Å². The van der Waals surface area contributed by atoms with Crippen LogP contribution in [0.1, 0.15) is 5.69 Å². The topological polar surface area (TPSA) is 25.4 Å². The summed E-state index contributed by atoms with van der Waals surface area (Å²) in [4.78, 5) is 6.96. The number of aromatic nitrogens is 1. The molecule has 3 aromatic rings. The van der Waals surface area contributed by atoms with Crippen LogP contribution in [-0.4, -0.2) is 19.1 Å². The summed E-state index contributed by atoms with van der Waals surface area (Å²) >= 11 is 5.15. The molecule has 3 nitrogen and oxygen atoms in total. The van der Waals surface area contributed by atoms with Gasteiger partial charge in [-0.15, -0.1) is 11.3 Å². The third-order valence-corrected chi connectivity index (χ3v) is 4.96. The molecule has 2 aromatic carbocycles. The van der Waals surface area contributed by atoms with E-state index in [4.69, 9.17) is 9.72 Å². The Morgan fingerprint density at radius 2 is 1.96 bits per heavy atom. The van der Waals surface area contributed by atoms with Crippen molar-refractivity contribution in [3.63, 3.8) is 0 Å². The normalized spacial score (nSPS) is 10.6. The summed E-state index contributed by atoms with van der Waals surface area (Å²) in [6, 6.07) is 16.3. The zero-order chi connectivity index (χ0) is 16.2. The molecule has 0 aliphatic heterocycles. The number of ether oxygens (including phenoxy) is 1. The van der Waals surface area contributed by atoms with Crippen molar-refractivity contribution >= 4 is 33.0 Å². The van der Waals surface area contributed by atoms with Crippen LogP contribution >= 0.6 is 27.3 Å². The highest BCUT2D eigenvalue weighted by Gasteiger charge is 2.12. The maximum absolute atomic E-state index is 5.45. The number of anilines is 1. The van der Waals surface area contributed by atoms with Gasteiger partial charge in [0.15, 0.2) is 0 Å². The molecule has 3 rings (SSSR count). The molecule has 0 radical (unpaired) electrons. The van der Waals surface area contributed by atoms with Crippen LogP contribution in [-0.2, 0) is 6.54 Å². The minimum Gasteiger partial charge on any atom is -0.496 e. The number of thiazole rings is 1. The third-order valence-electron chi connectivity index (χ3n) is 3.54. The molecule has 0 unspecified atom stereocenters. The van der Waals surface area contributed by atoms with Crippen LogP contribution in [0.25, 0.3) is 10.6 Å². The number of methoxy groups -OCH3 is 1. The Labute approximate surface area is 148 Å². The van der Waals surface area contributed by atoms with Crippen molar-refractivity contribution in [3.05, 3.63) is 64.1 Å². The highest BCUT2D eigenvalue weighted by molar-refractivity contribution is 9.10. The fraction of sp³-hybridized carbons (Fsp3) is 0.167. The largest absolute Gasteiger partial charge is 0.496 e. The van der Waals surface area contributed by atoms with Gasteiger partial charge >= 0.3 is 0 Å². The number of para-hydroxylation sites is 1. The fourth-order valence-electron chi connectivity index (χ4n) is 2.37. The van der Waals surface area contributed by atoms with Crippen LogP contribution in [0.5, 0.6) is 5.75 Å². The van der Waals surface area contributed by atoms with Gasteiger partial charge in [0.2, 0.25) is 0 Å². The lowest BCUT2D eigenvalue weighted by atomic mass is 10.2. The predicted molar refractivity (Wildman–Crippen MR) is 100 cm³/mol. The van der Waals surface area contributed by atoms with Gasteiger partial charge in [-0.25, -0.2) is 4.98 Å². The monoisotopic (exact) mass is 388 g/mol. The van der Waals surface area contributed by atoms with Crippen LogP contribution in [0, 0.1) is 0 Å². The van der Waals surface area contributed by atoms with E-state index in [0.29, 0.717) is 0 Å². The molecule has 0 amide bonds. The van der Waals surface area contributed by atoms with E-state index < -0.39 is 0 Å². The maximum atomic E-state index is 5.45. The predicted octanol–water partition coefficient (Wildman–Crippen LogP) is 5.22. The van der Waals surface area contributed by atoms with E-state index >= 15 is 0 Å². The molecule has 0 bridgehead atoms. The lowest BCUT2D eigenvalue weighted by molar-refractivity contribution is 0.416. The molecule has 1 heterocycles. The number of benzene rings is 2. The second-order valence-corrected chi connectivity index (χ2v) is 6.95. The van der Waals surface area contributed by atoms with Gasteiger partial charge in [0.25, 0.3) is 0 Å².